The number of aliphatic hydroxyl groups is 2. The number of aryl methyl sites for hydroxylation is 1. The van der Waals surface area contributed by atoms with Crippen LogP contribution < -0.4 is 11.2 Å². The van der Waals surface area contributed by atoms with Gasteiger partial charge in [0.05, 0.1) is 12.2 Å². The van der Waals surface area contributed by atoms with Gasteiger partial charge in [-0.1, -0.05) is 0 Å². The Kier molecular flexibility index (Phi) is 5.73. The Balaban J connectivity index is 2.26. The molecule has 0 saturated carbocycles. The standard InChI is InChI=1S/C11H15Cl2N2O7P/c1-2-15-3-5(10(18)14-11(15)19)9-8(17)7(16)6(22-9)4-21-23(12,13)20/h3,6-9,16-17H,2,4H2,1H3,(H,14,18,19). The molecule has 0 aliphatic carbocycles. The van der Waals surface area contributed by atoms with Gasteiger partial charge in [0.1, 0.15) is 24.4 Å². The van der Waals surface area contributed by atoms with Gasteiger partial charge in [0.25, 0.3) is 5.56 Å². The Morgan fingerprint density at radius 1 is 1.39 bits per heavy atom. The Morgan fingerprint density at radius 3 is 2.61 bits per heavy atom. The molecule has 9 nitrogen and oxygen atoms in total. The van der Waals surface area contributed by atoms with Crippen molar-refractivity contribution in [2.45, 2.75) is 37.9 Å². The van der Waals surface area contributed by atoms with Crippen LogP contribution in [0.25, 0.3) is 0 Å². The number of aromatic nitrogens is 2. The zero-order valence-corrected chi connectivity index (χ0v) is 14.3. The molecule has 1 aromatic heterocycles. The van der Waals surface area contributed by atoms with Gasteiger partial charge in [-0.25, -0.2) is 4.79 Å². The number of ether oxygens (including phenoxy) is 1. The van der Waals surface area contributed by atoms with Crippen molar-refractivity contribution >= 4 is 28.6 Å². The zero-order chi connectivity index (χ0) is 17.4. The van der Waals surface area contributed by atoms with Crippen LogP contribution in [-0.2, 0) is 20.4 Å². The van der Waals surface area contributed by atoms with Crippen molar-refractivity contribution in [2.24, 2.45) is 0 Å². The van der Waals surface area contributed by atoms with E-state index < -0.39 is 48.3 Å². The first kappa shape index (κ1) is 18.7. The van der Waals surface area contributed by atoms with Crippen molar-refractivity contribution in [1.29, 1.82) is 0 Å². The molecule has 1 saturated heterocycles. The highest BCUT2D eigenvalue weighted by Gasteiger charge is 2.45. The minimum atomic E-state index is -3.83. The predicted molar refractivity (Wildman–Crippen MR) is 81.9 cm³/mol. The van der Waals surface area contributed by atoms with Gasteiger partial charge in [-0.3, -0.25) is 14.3 Å². The summed E-state index contributed by atoms with van der Waals surface area (Å²) < 4.78 is 22.4. The van der Waals surface area contributed by atoms with Gasteiger partial charge >= 0.3 is 11.8 Å². The molecular weight excluding hydrogens is 374 g/mol. The van der Waals surface area contributed by atoms with Crippen molar-refractivity contribution < 1.29 is 24.0 Å². The Labute approximate surface area is 139 Å². The maximum absolute atomic E-state index is 11.9. The molecule has 1 aliphatic heterocycles. The molecule has 3 N–H and O–H groups in total. The molecule has 0 bridgehead atoms. The first-order valence-electron chi connectivity index (χ1n) is 6.63. The van der Waals surface area contributed by atoms with Crippen molar-refractivity contribution in [3.8, 4) is 0 Å². The van der Waals surface area contributed by atoms with E-state index >= 15 is 0 Å². The highest BCUT2D eigenvalue weighted by atomic mass is 35.9. The molecule has 2 rings (SSSR count). The fraction of sp³-hybridized carbons (Fsp3) is 0.636. The van der Waals surface area contributed by atoms with E-state index in [4.69, 9.17) is 27.2 Å². The fourth-order valence-electron chi connectivity index (χ4n) is 2.27. The minimum absolute atomic E-state index is 0.0274. The lowest BCUT2D eigenvalue weighted by Gasteiger charge is -2.15. The molecule has 1 aliphatic rings. The van der Waals surface area contributed by atoms with E-state index in [9.17, 15) is 24.4 Å². The van der Waals surface area contributed by atoms with Crippen LogP contribution in [0.1, 0.15) is 18.6 Å². The lowest BCUT2D eigenvalue weighted by molar-refractivity contribution is -0.0159. The Bertz CT molecular complexity index is 730. The Hall–Kier alpha value is -0.670. The van der Waals surface area contributed by atoms with Gasteiger partial charge in [-0.05, 0) is 29.4 Å². The van der Waals surface area contributed by atoms with Crippen molar-refractivity contribution in [3.63, 3.8) is 0 Å². The number of hydrogen-bond acceptors (Lipinski definition) is 7. The van der Waals surface area contributed by atoms with Gasteiger partial charge in [-0.2, -0.15) is 0 Å². The molecule has 23 heavy (non-hydrogen) atoms. The second-order valence-electron chi connectivity index (χ2n) is 4.92. The highest BCUT2D eigenvalue weighted by Crippen LogP contribution is 2.57. The first-order valence-corrected chi connectivity index (χ1v) is 10.1. The monoisotopic (exact) mass is 388 g/mol. The molecule has 4 unspecified atom stereocenters. The summed E-state index contributed by atoms with van der Waals surface area (Å²) in [6.07, 6.45) is -7.72. The van der Waals surface area contributed by atoms with Gasteiger partial charge in [0.2, 0.25) is 0 Å². The average molecular weight is 389 g/mol. The summed E-state index contributed by atoms with van der Waals surface area (Å²) in [7, 11) is 0. The third kappa shape index (κ3) is 4.24. The maximum Gasteiger partial charge on any atom is 0.380 e. The van der Waals surface area contributed by atoms with E-state index in [1.807, 2.05) is 0 Å². The predicted octanol–water partition coefficient (Wildman–Crippen LogP) is 0.320. The number of aliphatic hydroxyl groups excluding tert-OH is 2. The first-order chi connectivity index (χ1) is 10.6. The van der Waals surface area contributed by atoms with Gasteiger partial charge < -0.3 is 24.0 Å². The van der Waals surface area contributed by atoms with Gasteiger partial charge in [0, 0.05) is 12.7 Å². The molecular formula is C11H15Cl2N2O7P. The van der Waals surface area contributed by atoms with Crippen LogP contribution in [0.2, 0.25) is 0 Å². The topological polar surface area (TPSA) is 131 Å². The van der Waals surface area contributed by atoms with E-state index in [0.717, 1.165) is 0 Å². The second kappa shape index (κ2) is 7.06. The molecule has 12 heteroatoms. The van der Waals surface area contributed by atoms with Crippen molar-refractivity contribution in [1.82, 2.24) is 9.55 Å². The third-order valence-corrected chi connectivity index (χ3v) is 4.47. The normalized spacial score (nSPS) is 28.2. The minimum Gasteiger partial charge on any atom is -0.387 e. The van der Waals surface area contributed by atoms with E-state index in [0.29, 0.717) is 6.54 Å². The molecule has 4 atom stereocenters. The quantitative estimate of drug-likeness (QED) is 0.619. The van der Waals surface area contributed by atoms with E-state index in [1.165, 1.54) is 10.8 Å². The van der Waals surface area contributed by atoms with E-state index in [1.54, 1.807) is 6.92 Å². The maximum atomic E-state index is 11.9. The molecule has 130 valence electrons. The van der Waals surface area contributed by atoms with Crippen LogP contribution >= 0.6 is 28.6 Å². The van der Waals surface area contributed by atoms with Crippen LogP contribution in [0.4, 0.5) is 0 Å². The number of rotatable bonds is 5. The number of aromatic amines is 1. The smallest absolute Gasteiger partial charge is 0.380 e. The molecule has 0 spiro atoms. The summed E-state index contributed by atoms with van der Waals surface area (Å²) in [6.45, 7) is 1.55. The SMILES string of the molecule is CCn1cc(C2OC(COP(=O)(Cl)Cl)C(O)C2O)c(=O)[nH]c1=O. The summed E-state index contributed by atoms with van der Waals surface area (Å²) in [5.41, 5.74) is -1.36. The summed E-state index contributed by atoms with van der Waals surface area (Å²) >= 11 is 10.5. The summed E-state index contributed by atoms with van der Waals surface area (Å²) in [5.74, 6) is 0. The Morgan fingerprint density at radius 2 is 2.04 bits per heavy atom. The molecule has 0 amide bonds. The number of hydrogen-bond donors (Lipinski definition) is 3. The summed E-state index contributed by atoms with van der Waals surface area (Å²) in [6, 6.07) is 0. The summed E-state index contributed by atoms with van der Waals surface area (Å²) in [5, 5.41) is 20.0. The number of nitrogens with zero attached hydrogens (tertiary/aromatic N) is 1. The molecule has 2 heterocycles. The molecule has 1 fully saturated rings. The molecule has 1 aromatic rings. The van der Waals surface area contributed by atoms with Crippen LogP contribution in [-0.4, -0.2) is 44.7 Å². The lowest BCUT2D eigenvalue weighted by Crippen LogP contribution is -2.36. The summed E-state index contributed by atoms with van der Waals surface area (Å²) in [4.78, 5) is 25.5. The average Bonchev–Trinajstić information content (AvgIpc) is 2.73. The van der Waals surface area contributed by atoms with Gasteiger partial charge in [-0.15, -0.1) is 0 Å². The van der Waals surface area contributed by atoms with E-state index in [-0.39, 0.29) is 5.56 Å². The second-order valence-corrected chi connectivity index (χ2v) is 9.19. The molecule has 0 radical (unpaired) electrons. The lowest BCUT2D eigenvalue weighted by atomic mass is 10.0. The van der Waals surface area contributed by atoms with Crippen LogP contribution in [0.5, 0.6) is 0 Å². The van der Waals surface area contributed by atoms with Crippen molar-refractivity contribution in [2.75, 3.05) is 6.61 Å². The highest BCUT2D eigenvalue weighted by molar-refractivity contribution is 8.05. The fourth-order valence-corrected chi connectivity index (χ4v) is 2.93. The number of halogens is 2. The number of nitrogens with one attached hydrogen (secondary N) is 1. The van der Waals surface area contributed by atoms with Crippen LogP contribution in [0, 0.1) is 0 Å². The third-order valence-electron chi connectivity index (χ3n) is 3.44. The van der Waals surface area contributed by atoms with Crippen LogP contribution in [0.3, 0.4) is 0 Å². The van der Waals surface area contributed by atoms with E-state index in [2.05, 4.69) is 9.51 Å². The zero-order valence-electron chi connectivity index (χ0n) is 11.9. The number of H-pyrrole nitrogens is 1. The van der Waals surface area contributed by atoms with Crippen LogP contribution in [0.15, 0.2) is 15.8 Å². The van der Waals surface area contributed by atoms with Crippen molar-refractivity contribution in [3.05, 3.63) is 32.6 Å². The van der Waals surface area contributed by atoms with Gasteiger partial charge in [0.15, 0.2) is 0 Å². The molecule has 0 aromatic carbocycles. The largest absolute Gasteiger partial charge is 0.387 e.